The second kappa shape index (κ2) is 6.93. The molecule has 2 aliphatic carbocycles. The third-order valence-corrected chi connectivity index (χ3v) is 8.20. The van der Waals surface area contributed by atoms with E-state index >= 15 is 0 Å². The van der Waals surface area contributed by atoms with E-state index in [1.54, 1.807) is 12.1 Å². The minimum absolute atomic E-state index is 0.341. The minimum atomic E-state index is -3.19. The van der Waals surface area contributed by atoms with Crippen LogP contribution in [0.25, 0.3) is 11.1 Å². The van der Waals surface area contributed by atoms with Crippen molar-refractivity contribution in [3.05, 3.63) is 39.6 Å². The summed E-state index contributed by atoms with van der Waals surface area (Å²) in [5, 5.41) is 0. The van der Waals surface area contributed by atoms with Gasteiger partial charge in [0.2, 0.25) is 0 Å². The largest absolute Gasteiger partial charge is 0.299 e. The summed E-state index contributed by atoms with van der Waals surface area (Å²) in [7, 11) is -3.19. The van der Waals surface area contributed by atoms with Gasteiger partial charge in [0.05, 0.1) is 4.90 Å². The Morgan fingerprint density at radius 1 is 1.00 bits per heavy atom. The molecule has 2 aromatic rings. The van der Waals surface area contributed by atoms with Crippen LogP contribution in [-0.4, -0.2) is 20.5 Å². The van der Waals surface area contributed by atoms with Gasteiger partial charge in [0.1, 0.15) is 5.78 Å². The lowest BCUT2D eigenvalue weighted by molar-refractivity contribution is -0.118. The lowest BCUT2D eigenvalue weighted by atomic mass is 9.83. The molecule has 0 N–H and O–H groups in total. The van der Waals surface area contributed by atoms with Crippen LogP contribution >= 0.6 is 11.3 Å². The van der Waals surface area contributed by atoms with Crippen molar-refractivity contribution in [1.29, 1.82) is 0 Å². The zero-order chi connectivity index (χ0) is 18.3. The molecular weight excluding hydrogens is 364 g/mol. The molecule has 1 aromatic carbocycles. The molecule has 26 heavy (non-hydrogen) atoms. The highest BCUT2D eigenvalue weighted by Crippen LogP contribution is 2.47. The van der Waals surface area contributed by atoms with Gasteiger partial charge >= 0.3 is 0 Å². The van der Waals surface area contributed by atoms with E-state index < -0.39 is 9.84 Å². The molecule has 0 amide bonds. The Kier molecular flexibility index (Phi) is 4.78. The van der Waals surface area contributed by atoms with Crippen molar-refractivity contribution in [2.75, 3.05) is 6.26 Å². The molecule has 1 aromatic heterocycles. The van der Waals surface area contributed by atoms with E-state index in [9.17, 15) is 13.2 Å². The number of fused-ring (bicyclic) bond motifs is 1. The molecule has 0 bridgehead atoms. The lowest BCUT2D eigenvalue weighted by Gasteiger charge is -2.22. The van der Waals surface area contributed by atoms with Crippen LogP contribution < -0.4 is 0 Å². The first-order valence-corrected chi connectivity index (χ1v) is 12.1. The highest BCUT2D eigenvalue weighted by Gasteiger charge is 2.29. The fraction of sp³-hybridized carbons (Fsp3) is 0.476. The number of hydrogen-bond donors (Lipinski definition) is 0. The van der Waals surface area contributed by atoms with E-state index in [2.05, 4.69) is 0 Å². The third-order valence-electron chi connectivity index (χ3n) is 5.68. The Labute approximate surface area is 159 Å². The number of carbonyl (C=O) groups excluding carboxylic acids is 1. The van der Waals surface area contributed by atoms with E-state index in [-0.39, 0.29) is 0 Å². The fourth-order valence-corrected chi connectivity index (χ4v) is 6.51. The Balaban J connectivity index is 1.82. The summed E-state index contributed by atoms with van der Waals surface area (Å²) in [6.07, 6.45) is 9.58. The van der Waals surface area contributed by atoms with Crippen molar-refractivity contribution in [2.45, 2.75) is 62.2 Å². The molecule has 0 unspecified atom stereocenters. The van der Waals surface area contributed by atoms with Crippen molar-refractivity contribution < 1.29 is 13.2 Å². The lowest BCUT2D eigenvalue weighted by Crippen LogP contribution is -2.11. The summed E-state index contributed by atoms with van der Waals surface area (Å²) < 4.78 is 23.6. The summed E-state index contributed by atoms with van der Waals surface area (Å²) in [4.78, 5) is 15.0. The average Bonchev–Trinajstić information content (AvgIpc) is 3.00. The predicted octanol–water partition coefficient (Wildman–Crippen LogP) is 4.92. The third kappa shape index (κ3) is 3.39. The van der Waals surface area contributed by atoms with Crippen molar-refractivity contribution in [2.24, 2.45) is 0 Å². The van der Waals surface area contributed by atoms with Crippen LogP contribution in [0.4, 0.5) is 0 Å². The summed E-state index contributed by atoms with van der Waals surface area (Å²) in [5.74, 6) is 0.923. The number of ketones is 1. The maximum Gasteiger partial charge on any atom is 0.175 e. The van der Waals surface area contributed by atoms with Gasteiger partial charge in [-0.2, -0.15) is 0 Å². The first kappa shape index (κ1) is 17.9. The monoisotopic (exact) mass is 388 g/mol. The first-order chi connectivity index (χ1) is 12.4. The molecule has 5 heteroatoms. The van der Waals surface area contributed by atoms with Crippen molar-refractivity contribution in [3.8, 4) is 11.1 Å². The van der Waals surface area contributed by atoms with Crippen LogP contribution in [0.15, 0.2) is 29.2 Å². The summed E-state index contributed by atoms with van der Waals surface area (Å²) in [6, 6.07) is 7.32. The van der Waals surface area contributed by atoms with E-state index in [1.165, 1.54) is 59.2 Å². The van der Waals surface area contributed by atoms with E-state index in [0.29, 0.717) is 29.4 Å². The molecule has 0 radical (unpaired) electrons. The van der Waals surface area contributed by atoms with Gasteiger partial charge < -0.3 is 0 Å². The number of carbonyl (C=O) groups is 1. The normalized spacial score (nSPS) is 18.7. The number of hydrogen-bond acceptors (Lipinski definition) is 4. The average molecular weight is 389 g/mol. The molecule has 138 valence electrons. The van der Waals surface area contributed by atoms with Crippen molar-refractivity contribution in [1.82, 2.24) is 0 Å². The standard InChI is InChI=1S/C21H24O3S2/c1-26(23,24)17-10-7-14(8-11-17)20-18-12-9-16(22)13-19(18)25-21(20)15-5-3-2-4-6-15/h7-8,10-11,15H,2-6,9,12-13H2,1H3. The van der Waals surface area contributed by atoms with Crippen LogP contribution in [0.1, 0.15) is 59.8 Å². The quantitative estimate of drug-likeness (QED) is 0.749. The zero-order valence-corrected chi connectivity index (χ0v) is 16.7. The van der Waals surface area contributed by atoms with Gasteiger partial charge in [0.25, 0.3) is 0 Å². The molecular formula is C21H24O3S2. The fourth-order valence-electron chi connectivity index (χ4n) is 4.31. The van der Waals surface area contributed by atoms with Crippen LogP contribution in [0, 0.1) is 0 Å². The van der Waals surface area contributed by atoms with Gasteiger partial charge in [0, 0.05) is 28.9 Å². The summed E-state index contributed by atoms with van der Waals surface area (Å²) in [6.45, 7) is 0. The molecule has 0 aliphatic heterocycles. The molecule has 1 saturated carbocycles. The molecule has 1 heterocycles. The van der Waals surface area contributed by atoms with Crippen molar-refractivity contribution >= 4 is 27.0 Å². The molecule has 0 spiro atoms. The van der Waals surface area contributed by atoms with Gasteiger partial charge in [-0.15, -0.1) is 11.3 Å². The van der Waals surface area contributed by atoms with E-state index in [0.717, 1.165) is 12.0 Å². The topological polar surface area (TPSA) is 51.2 Å². The molecule has 3 nitrogen and oxygen atoms in total. The molecule has 2 aliphatic rings. The predicted molar refractivity (Wildman–Crippen MR) is 106 cm³/mol. The Morgan fingerprint density at radius 2 is 1.69 bits per heavy atom. The molecule has 1 fully saturated rings. The van der Waals surface area contributed by atoms with Crippen LogP contribution in [0.3, 0.4) is 0 Å². The molecule has 4 rings (SSSR count). The maximum atomic E-state index is 12.0. The number of Topliss-reactive ketones (excluding diaryl/α,β-unsaturated/α-hetero) is 1. The number of benzene rings is 1. The van der Waals surface area contributed by atoms with Gasteiger partial charge in [-0.1, -0.05) is 31.4 Å². The van der Waals surface area contributed by atoms with Crippen LogP contribution in [-0.2, 0) is 27.5 Å². The molecule has 0 atom stereocenters. The number of thiophene rings is 1. The van der Waals surface area contributed by atoms with Crippen molar-refractivity contribution in [3.63, 3.8) is 0 Å². The van der Waals surface area contributed by atoms with E-state index in [4.69, 9.17) is 0 Å². The van der Waals surface area contributed by atoms with Gasteiger partial charge in [-0.25, -0.2) is 8.42 Å². The number of sulfone groups is 1. The number of rotatable bonds is 3. The van der Waals surface area contributed by atoms with Gasteiger partial charge in [-0.05, 0) is 54.0 Å². The summed E-state index contributed by atoms with van der Waals surface area (Å²) in [5.41, 5.74) is 3.73. The second-order valence-electron chi connectivity index (χ2n) is 7.59. The summed E-state index contributed by atoms with van der Waals surface area (Å²) >= 11 is 1.84. The smallest absolute Gasteiger partial charge is 0.175 e. The Morgan fingerprint density at radius 3 is 2.35 bits per heavy atom. The first-order valence-electron chi connectivity index (χ1n) is 9.40. The SMILES string of the molecule is CS(=O)(=O)c1ccc(-c2c(C3CCCCC3)sc3c2CCC(=O)C3)cc1. The second-order valence-corrected chi connectivity index (χ2v) is 10.7. The Hall–Kier alpha value is -1.46. The highest BCUT2D eigenvalue weighted by molar-refractivity contribution is 7.90. The highest BCUT2D eigenvalue weighted by atomic mass is 32.2. The minimum Gasteiger partial charge on any atom is -0.299 e. The molecule has 0 saturated heterocycles. The van der Waals surface area contributed by atoms with Gasteiger partial charge in [0.15, 0.2) is 9.84 Å². The van der Waals surface area contributed by atoms with Gasteiger partial charge in [-0.3, -0.25) is 4.79 Å². The van der Waals surface area contributed by atoms with Crippen LogP contribution in [0.2, 0.25) is 0 Å². The van der Waals surface area contributed by atoms with Crippen LogP contribution in [0.5, 0.6) is 0 Å². The van der Waals surface area contributed by atoms with E-state index in [1.807, 2.05) is 23.5 Å². The Bertz CT molecular complexity index is 930. The zero-order valence-electron chi connectivity index (χ0n) is 15.1. The maximum absolute atomic E-state index is 12.0.